The van der Waals surface area contributed by atoms with Crippen molar-refractivity contribution in [2.24, 2.45) is 0 Å². The van der Waals surface area contributed by atoms with E-state index in [2.05, 4.69) is 31.1 Å². The van der Waals surface area contributed by atoms with Gasteiger partial charge in [0, 0.05) is 11.1 Å². The number of benzene rings is 1. The predicted octanol–water partition coefficient (Wildman–Crippen LogP) is 1.92. The number of nitrogens with zero attached hydrogens (tertiary/aromatic N) is 4. The average molecular weight is 286 g/mol. The number of aromatic amines is 1. The van der Waals surface area contributed by atoms with E-state index in [1.54, 1.807) is 31.2 Å². The maximum absolute atomic E-state index is 10.8. The summed E-state index contributed by atoms with van der Waals surface area (Å²) in [6.07, 6.45) is -1.18. The van der Waals surface area contributed by atoms with Crippen LogP contribution in [0.1, 0.15) is 5.69 Å². The summed E-state index contributed by atoms with van der Waals surface area (Å²) in [6, 6.07) is 7.09. The van der Waals surface area contributed by atoms with Crippen molar-refractivity contribution in [2.75, 3.05) is 5.32 Å². The molecule has 0 aliphatic carbocycles. The molecule has 0 saturated heterocycles. The average Bonchev–Trinajstić information content (AvgIpc) is 3.10. The highest BCUT2D eigenvalue weighted by molar-refractivity contribution is 5.89. The molecule has 21 heavy (non-hydrogen) atoms. The lowest BCUT2D eigenvalue weighted by Gasteiger charge is -2.02. The van der Waals surface area contributed by atoms with E-state index in [1.807, 2.05) is 0 Å². The third-order valence-corrected chi connectivity index (χ3v) is 2.85. The Balaban J connectivity index is 1.96. The molecule has 2 heterocycles. The molecule has 0 fully saturated rings. The van der Waals surface area contributed by atoms with Crippen molar-refractivity contribution in [1.29, 1.82) is 0 Å². The third kappa shape index (κ3) is 2.43. The topological polar surface area (TPSA) is 130 Å². The SMILES string of the molecule is Cc1noc(-c2ccc(-c3nn[nH]n3)cc2)c1NC(=O)O. The number of aryl methyl sites for hydroxylation is 1. The molecule has 9 heteroatoms. The second-order valence-corrected chi connectivity index (χ2v) is 4.22. The largest absolute Gasteiger partial charge is 0.465 e. The highest BCUT2D eigenvalue weighted by Crippen LogP contribution is 2.31. The minimum absolute atomic E-state index is 0.329. The van der Waals surface area contributed by atoms with Crippen LogP contribution in [0.15, 0.2) is 28.8 Å². The molecule has 2 aromatic heterocycles. The molecule has 0 aliphatic rings. The Morgan fingerprint density at radius 1 is 1.29 bits per heavy atom. The minimum atomic E-state index is -1.18. The minimum Gasteiger partial charge on any atom is -0.465 e. The van der Waals surface area contributed by atoms with Gasteiger partial charge in [-0.3, -0.25) is 5.32 Å². The van der Waals surface area contributed by atoms with Crippen molar-refractivity contribution >= 4 is 11.8 Å². The van der Waals surface area contributed by atoms with E-state index in [0.717, 1.165) is 5.56 Å². The molecule has 0 atom stereocenters. The molecule has 106 valence electrons. The van der Waals surface area contributed by atoms with Crippen LogP contribution >= 0.6 is 0 Å². The molecule has 3 aromatic rings. The van der Waals surface area contributed by atoms with Gasteiger partial charge in [0.25, 0.3) is 0 Å². The number of H-pyrrole nitrogens is 1. The Morgan fingerprint density at radius 3 is 2.62 bits per heavy atom. The van der Waals surface area contributed by atoms with Gasteiger partial charge < -0.3 is 9.63 Å². The van der Waals surface area contributed by atoms with E-state index in [1.165, 1.54) is 0 Å². The molecule has 0 bridgehead atoms. The van der Waals surface area contributed by atoms with Crippen molar-refractivity contribution in [3.63, 3.8) is 0 Å². The van der Waals surface area contributed by atoms with E-state index in [0.29, 0.717) is 28.5 Å². The van der Waals surface area contributed by atoms with Crippen molar-refractivity contribution in [3.8, 4) is 22.7 Å². The molecule has 0 spiro atoms. The van der Waals surface area contributed by atoms with Crippen molar-refractivity contribution in [2.45, 2.75) is 6.92 Å². The molecular formula is C12H10N6O3. The van der Waals surface area contributed by atoms with Crippen molar-refractivity contribution < 1.29 is 14.4 Å². The predicted molar refractivity (Wildman–Crippen MR) is 71.5 cm³/mol. The molecule has 1 amide bonds. The summed E-state index contributed by atoms with van der Waals surface area (Å²) in [5, 5.41) is 28.5. The second-order valence-electron chi connectivity index (χ2n) is 4.22. The van der Waals surface area contributed by atoms with Gasteiger partial charge in [-0.15, -0.1) is 10.2 Å². The summed E-state index contributed by atoms with van der Waals surface area (Å²) in [4.78, 5) is 10.8. The number of hydrogen-bond acceptors (Lipinski definition) is 6. The lowest BCUT2D eigenvalue weighted by atomic mass is 10.1. The van der Waals surface area contributed by atoms with Gasteiger partial charge in [0.15, 0.2) is 5.76 Å². The van der Waals surface area contributed by atoms with Crippen molar-refractivity contribution in [1.82, 2.24) is 25.8 Å². The van der Waals surface area contributed by atoms with E-state index in [-0.39, 0.29) is 0 Å². The highest BCUT2D eigenvalue weighted by atomic mass is 16.5. The molecule has 0 saturated carbocycles. The van der Waals surface area contributed by atoms with Gasteiger partial charge >= 0.3 is 6.09 Å². The third-order valence-electron chi connectivity index (χ3n) is 2.85. The molecule has 0 radical (unpaired) electrons. The Hall–Kier alpha value is -3.23. The van der Waals surface area contributed by atoms with E-state index >= 15 is 0 Å². The highest BCUT2D eigenvalue weighted by Gasteiger charge is 2.17. The fourth-order valence-corrected chi connectivity index (χ4v) is 1.88. The summed E-state index contributed by atoms with van der Waals surface area (Å²) in [5.41, 5.74) is 2.26. The quantitative estimate of drug-likeness (QED) is 0.670. The van der Waals surface area contributed by atoms with Crippen LogP contribution in [0, 0.1) is 6.92 Å². The summed E-state index contributed by atoms with van der Waals surface area (Å²) < 4.78 is 5.19. The summed E-state index contributed by atoms with van der Waals surface area (Å²) in [5.74, 6) is 0.828. The molecule has 0 unspecified atom stereocenters. The fourth-order valence-electron chi connectivity index (χ4n) is 1.88. The fraction of sp³-hybridized carbons (Fsp3) is 0.0833. The first-order chi connectivity index (χ1) is 10.1. The molecule has 3 N–H and O–H groups in total. The number of tetrazole rings is 1. The summed E-state index contributed by atoms with van der Waals surface area (Å²) >= 11 is 0. The first-order valence-corrected chi connectivity index (χ1v) is 5.95. The van der Waals surface area contributed by atoms with Crippen LogP contribution in [-0.4, -0.2) is 37.0 Å². The first-order valence-electron chi connectivity index (χ1n) is 5.95. The number of anilines is 1. The normalized spacial score (nSPS) is 10.5. The van der Waals surface area contributed by atoms with E-state index < -0.39 is 6.09 Å². The van der Waals surface area contributed by atoms with Crippen molar-refractivity contribution in [3.05, 3.63) is 30.0 Å². The Kier molecular flexibility index (Phi) is 3.07. The van der Waals surface area contributed by atoms with Crippen LogP contribution in [0.2, 0.25) is 0 Å². The number of aromatic nitrogens is 5. The van der Waals surface area contributed by atoms with Gasteiger partial charge in [-0.1, -0.05) is 29.4 Å². The van der Waals surface area contributed by atoms with Gasteiger partial charge in [-0.2, -0.15) is 5.21 Å². The Bertz CT molecular complexity index is 763. The molecule has 3 rings (SSSR count). The zero-order chi connectivity index (χ0) is 14.8. The maximum Gasteiger partial charge on any atom is 0.409 e. The summed E-state index contributed by atoms with van der Waals surface area (Å²) in [7, 11) is 0. The first kappa shape index (κ1) is 12.8. The van der Waals surface area contributed by atoms with Crippen LogP contribution in [0.5, 0.6) is 0 Å². The number of carbonyl (C=O) groups is 1. The molecule has 1 aromatic carbocycles. The lowest BCUT2D eigenvalue weighted by Crippen LogP contribution is -2.08. The van der Waals surface area contributed by atoms with E-state index in [4.69, 9.17) is 9.63 Å². The van der Waals surface area contributed by atoms with Crippen LogP contribution in [-0.2, 0) is 0 Å². The second kappa shape index (κ2) is 5.04. The van der Waals surface area contributed by atoms with Crippen LogP contribution < -0.4 is 5.32 Å². The molecule has 9 nitrogen and oxygen atoms in total. The zero-order valence-electron chi connectivity index (χ0n) is 10.9. The standard InChI is InChI=1S/C12H10N6O3/c1-6-9(13-12(19)20)10(21-16-6)7-2-4-8(5-3-7)11-14-17-18-15-11/h2-5,13H,1H3,(H,19,20)(H,14,15,17,18). The monoisotopic (exact) mass is 286 g/mol. The Morgan fingerprint density at radius 2 is 2.00 bits per heavy atom. The van der Waals surface area contributed by atoms with Crippen LogP contribution in [0.4, 0.5) is 10.5 Å². The molecule has 0 aliphatic heterocycles. The summed E-state index contributed by atoms with van der Waals surface area (Å²) in [6.45, 7) is 1.66. The van der Waals surface area contributed by atoms with Gasteiger partial charge in [0.1, 0.15) is 11.4 Å². The van der Waals surface area contributed by atoms with Crippen LogP contribution in [0.25, 0.3) is 22.7 Å². The van der Waals surface area contributed by atoms with Gasteiger partial charge in [0.05, 0.1) is 0 Å². The number of nitrogens with one attached hydrogen (secondary N) is 2. The zero-order valence-corrected chi connectivity index (χ0v) is 10.9. The van der Waals surface area contributed by atoms with Crippen LogP contribution in [0.3, 0.4) is 0 Å². The lowest BCUT2D eigenvalue weighted by molar-refractivity contribution is 0.209. The van der Waals surface area contributed by atoms with E-state index in [9.17, 15) is 4.79 Å². The number of carboxylic acid groups (broad SMARTS) is 1. The van der Waals surface area contributed by atoms with Gasteiger partial charge in [-0.25, -0.2) is 4.79 Å². The molecular weight excluding hydrogens is 276 g/mol. The van der Waals surface area contributed by atoms with Gasteiger partial charge in [-0.05, 0) is 12.1 Å². The Labute approximate surface area is 118 Å². The maximum atomic E-state index is 10.8. The number of hydrogen-bond donors (Lipinski definition) is 3. The number of rotatable bonds is 3. The smallest absolute Gasteiger partial charge is 0.409 e. The van der Waals surface area contributed by atoms with Gasteiger partial charge in [0.2, 0.25) is 5.82 Å². The number of amides is 1.